The van der Waals surface area contributed by atoms with Gasteiger partial charge in [-0.2, -0.15) is 0 Å². The van der Waals surface area contributed by atoms with E-state index < -0.39 is 29.7 Å². The number of amides is 3. The Morgan fingerprint density at radius 2 is 1.54 bits per heavy atom. The number of halogens is 1. The van der Waals surface area contributed by atoms with Crippen LogP contribution in [0.5, 0.6) is 0 Å². The fourth-order valence-electron chi connectivity index (χ4n) is 4.63. The Kier molecular flexibility index (Phi) is 11.0. The first-order chi connectivity index (χ1) is 19.4. The molecule has 0 aliphatic heterocycles. The predicted octanol–water partition coefficient (Wildman–Crippen LogP) is 7.01. The SMILES string of the molecule is CCCN(C(=O)C(Cc1ccccc1)NC(=O)OC(C)(C)C)C(C(=O)Nc1c(C)cccc1Cl)c1ccccc1C. The molecule has 3 aromatic rings. The molecule has 0 heterocycles. The summed E-state index contributed by atoms with van der Waals surface area (Å²) < 4.78 is 5.50. The van der Waals surface area contributed by atoms with E-state index in [-0.39, 0.29) is 18.9 Å². The summed E-state index contributed by atoms with van der Waals surface area (Å²) in [6, 6.07) is 20.4. The van der Waals surface area contributed by atoms with Crippen LogP contribution in [0.3, 0.4) is 0 Å². The van der Waals surface area contributed by atoms with E-state index in [0.29, 0.717) is 22.7 Å². The molecule has 0 saturated heterocycles. The number of alkyl carbamates (subject to hydrolysis) is 1. The third-order valence-corrected chi connectivity index (χ3v) is 6.85. The van der Waals surface area contributed by atoms with Gasteiger partial charge in [0.2, 0.25) is 5.91 Å². The number of para-hydroxylation sites is 1. The molecule has 218 valence electrons. The van der Waals surface area contributed by atoms with Crippen molar-refractivity contribution in [2.75, 3.05) is 11.9 Å². The number of ether oxygens (including phenoxy) is 1. The number of carbonyl (C=O) groups is 3. The van der Waals surface area contributed by atoms with E-state index in [1.165, 1.54) is 0 Å². The maximum atomic E-state index is 14.4. The van der Waals surface area contributed by atoms with Crippen LogP contribution in [0.4, 0.5) is 10.5 Å². The van der Waals surface area contributed by atoms with Crippen molar-refractivity contribution in [3.8, 4) is 0 Å². The summed E-state index contributed by atoms with van der Waals surface area (Å²) in [5.74, 6) is -0.783. The number of benzene rings is 3. The molecule has 2 atom stereocenters. The number of hydrogen-bond acceptors (Lipinski definition) is 4. The lowest BCUT2D eigenvalue weighted by atomic mass is 9.96. The molecule has 2 N–H and O–H groups in total. The summed E-state index contributed by atoms with van der Waals surface area (Å²) in [5, 5.41) is 6.17. The number of hydrogen-bond donors (Lipinski definition) is 2. The Morgan fingerprint density at radius 1 is 0.902 bits per heavy atom. The van der Waals surface area contributed by atoms with Gasteiger partial charge in [0.25, 0.3) is 5.91 Å². The lowest BCUT2D eigenvalue weighted by molar-refractivity contribution is -0.140. The zero-order valence-electron chi connectivity index (χ0n) is 24.7. The Morgan fingerprint density at radius 3 is 2.15 bits per heavy atom. The molecular formula is C33H40ClN3O4. The van der Waals surface area contributed by atoms with E-state index in [1.807, 2.05) is 87.5 Å². The quantitative estimate of drug-likeness (QED) is 0.271. The molecule has 7 nitrogen and oxygen atoms in total. The highest BCUT2D eigenvalue weighted by Gasteiger charge is 2.37. The van der Waals surface area contributed by atoms with Gasteiger partial charge < -0.3 is 20.3 Å². The van der Waals surface area contributed by atoms with Crippen molar-refractivity contribution >= 4 is 35.2 Å². The first kappa shape index (κ1) is 31.7. The second-order valence-corrected chi connectivity index (χ2v) is 11.5. The number of aryl methyl sites for hydroxylation is 2. The van der Waals surface area contributed by atoms with Gasteiger partial charge in [0.1, 0.15) is 17.7 Å². The molecule has 0 aliphatic carbocycles. The molecule has 0 bridgehead atoms. The molecule has 0 aliphatic rings. The monoisotopic (exact) mass is 577 g/mol. The normalized spacial score (nSPS) is 12.7. The maximum Gasteiger partial charge on any atom is 0.408 e. The van der Waals surface area contributed by atoms with Gasteiger partial charge in [-0.15, -0.1) is 0 Å². The van der Waals surface area contributed by atoms with Gasteiger partial charge in [-0.05, 0) is 69.4 Å². The Balaban J connectivity index is 2.07. The zero-order valence-corrected chi connectivity index (χ0v) is 25.4. The lowest BCUT2D eigenvalue weighted by Crippen LogP contribution is -2.53. The van der Waals surface area contributed by atoms with Crippen LogP contribution in [-0.2, 0) is 20.7 Å². The summed E-state index contributed by atoms with van der Waals surface area (Å²) >= 11 is 6.45. The average Bonchev–Trinajstić information content (AvgIpc) is 2.90. The molecule has 3 rings (SSSR count). The van der Waals surface area contributed by atoms with Gasteiger partial charge in [-0.25, -0.2) is 4.79 Å². The van der Waals surface area contributed by atoms with Crippen LogP contribution < -0.4 is 10.6 Å². The molecule has 2 unspecified atom stereocenters. The zero-order chi connectivity index (χ0) is 30.2. The molecule has 0 saturated carbocycles. The molecule has 41 heavy (non-hydrogen) atoms. The van der Waals surface area contributed by atoms with E-state index >= 15 is 0 Å². The van der Waals surface area contributed by atoms with Gasteiger partial charge in [0.05, 0.1) is 10.7 Å². The van der Waals surface area contributed by atoms with Gasteiger partial charge >= 0.3 is 6.09 Å². The van der Waals surface area contributed by atoms with Gasteiger partial charge in [-0.3, -0.25) is 9.59 Å². The van der Waals surface area contributed by atoms with Crippen LogP contribution in [-0.4, -0.2) is 41.0 Å². The van der Waals surface area contributed by atoms with Crippen LogP contribution >= 0.6 is 11.6 Å². The van der Waals surface area contributed by atoms with Gasteiger partial charge in [0.15, 0.2) is 0 Å². The first-order valence-corrected chi connectivity index (χ1v) is 14.2. The van der Waals surface area contributed by atoms with E-state index in [0.717, 1.165) is 16.7 Å². The highest BCUT2D eigenvalue weighted by Crippen LogP contribution is 2.31. The smallest absolute Gasteiger partial charge is 0.408 e. The average molecular weight is 578 g/mol. The minimum atomic E-state index is -0.974. The number of nitrogens with zero attached hydrogens (tertiary/aromatic N) is 1. The van der Waals surface area contributed by atoms with E-state index in [1.54, 1.807) is 31.7 Å². The molecule has 3 amide bonds. The fraction of sp³-hybridized carbons (Fsp3) is 0.364. The molecule has 0 aromatic heterocycles. The van der Waals surface area contributed by atoms with Crippen LogP contribution in [0.2, 0.25) is 5.02 Å². The molecular weight excluding hydrogens is 538 g/mol. The fourth-order valence-corrected chi connectivity index (χ4v) is 4.90. The Hall–Kier alpha value is -3.84. The van der Waals surface area contributed by atoms with Crippen molar-refractivity contribution in [3.63, 3.8) is 0 Å². The highest BCUT2D eigenvalue weighted by molar-refractivity contribution is 6.34. The molecule has 0 spiro atoms. The molecule has 8 heteroatoms. The van der Waals surface area contributed by atoms with Crippen molar-refractivity contribution < 1.29 is 19.1 Å². The van der Waals surface area contributed by atoms with Crippen molar-refractivity contribution in [1.82, 2.24) is 10.2 Å². The van der Waals surface area contributed by atoms with Crippen LogP contribution in [0.25, 0.3) is 0 Å². The van der Waals surface area contributed by atoms with Crippen molar-refractivity contribution in [2.45, 2.75) is 72.1 Å². The predicted molar refractivity (Wildman–Crippen MR) is 164 cm³/mol. The van der Waals surface area contributed by atoms with Crippen LogP contribution in [0.1, 0.15) is 62.4 Å². The van der Waals surface area contributed by atoms with Crippen molar-refractivity contribution in [3.05, 3.63) is 100 Å². The first-order valence-electron chi connectivity index (χ1n) is 13.9. The summed E-state index contributed by atoms with van der Waals surface area (Å²) in [6.07, 6.45) is 0.119. The Bertz CT molecular complexity index is 1330. The highest BCUT2D eigenvalue weighted by atomic mass is 35.5. The molecule has 0 radical (unpaired) electrons. The molecule has 3 aromatic carbocycles. The van der Waals surface area contributed by atoms with Crippen molar-refractivity contribution in [1.29, 1.82) is 0 Å². The number of rotatable bonds is 10. The Labute approximate surface area is 248 Å². The standard InChI is InChI=1S/C33H40ClN3O4/c1-7-20-37(31(39)27(21-24-16-9-8-10-17-24)35-32(40)41-33(4,5)6)29(25-18-12-11-14-22(25)2)30(38)36-28-23(3)15-13-19-26(28)34/h8-19,27,29H,7,20-21H2,1-6H3,(H,35,40)(H,36,38). The van der Waals surface area contributed by atoms with Crippen LogP contribution in [0, 0.1) is 13.8 Å². The second kappa shape index (κ2) is 14.2. The molecule has 0 fully saturated rings. The second-order valence-electron chi connectivity index (χ2n) is 11.1. The summed E-state index contributed by atoms with van der Waals surface area (Å²) in [6.45, 7) is 11.3. The topological polar surface area (TPSA) is 87.7 Å². The van der Waals surface area contributed by atoms with E-state index in [9.17, 15) is 14.4 Å². The minimum Gasteiger partial charge on any atom is -0.444 e. The van der Waals surface area contributed by atoms with Gasteiger partial charge in [-0.1, -0.05) is 85.3 Å². The third kappa shape index (κ3) is 8.82. The largest absolute Gasteiger partial charge is 0.444 e. The van der Waals surface area contributed by atoms with Crippen LogP contribution in [0.15, 0.2) is 72.8 Å². The van der Waals surface area contributed by atoms with E-state index in [4.69, 9.17) is 16.3 Å². The van der Waals surface area contributed by atoms with E-state index in [2.05, 4.69) is 10.6 Å². The lowest BCUT2D eigenvalue weighted by Gasteiger charge is -2.35. The van der Waals surface area contributed by atoms with Crippen molar-refractivity contribution in [2.24, 2.45) is 0 Å². The maximum absolute atomic E-state index is 14.4. The number of anilines is 1. The summed E-state index contributed by atoms with van der Waals surface area (Å²) in [4.78, 5) is 43.0. The summed E-state index contributed by atoms with van der Waals surface area (Å²) in [5.41, 5.74) is 2.96. The number of nitrogens with one attached hydrogen (secondary N) is 2. The van der Waals surface area contributed by atoms with Gasteiger partial charge in [0, 0.05) is 13.0 Å². The summed E-state index contributed by atoms with van der Waals surface area (Å²) in [7, 11) is 0. The number of carbonyl (C=O) groups excluding carboxylic acids is 3. The minimum absolute atomic E-state index is 0.227. The third-order valence-electron chi connectivity index (χ3n) is 6.53.